The third kappa shape index (κ3) is 3.27. The van der Waals surface area contributed by atoms with Gasteiger partial charge in [0.05, 0.1) is 16.0 Å². The zero-order valence-electron chi connectivity index (χ0n) is 15.3. The lowest BCUT2D eigenvalue weighted by Crippen LogP contribution is -2.38. The molecule has 2 aromatic heterocycles. The van der Waals surface area contributed by atoms with Crippen molar-refractivity contribution >= 4 is 39.0 Å². The van der Waals surface area contributed by atoms with Crippen molar-refractivity contribution in [2.45, 2.75) is 39.2 Å². The molecule has 1 aliphatic heterocycles. The number of piperidine rings is 1. The van der Waals surface area contributed by atoms with Crippen LogP contribution in [0.1, 0.15) is 41.4 Å². The van der Waals surface area contributed by atoms with Crippen LogP contribution in [0.5, 0.6) is 0 Å². The Bertz CT molecular complexity index is 1000. The van der Waals surface area contributed by atoms with Crippen LogP contribution in [0, 0.1) is 12.7 Å². The van der Waals surface area contributed by atoms with Crippen LogP contribution >= 0.6 is 11.3 Å². The summed E-state index contributed by atoms with van der Waals surface area (Å²) in [4.78, 5) is 25.3. The average Bonchev–Trinajstić information content (AvgIpc) is 3.01. The van der Waals surface area contributed by atoms with Crippen LogP contribution in [-0.4, -0.2) is 28.5 Å². The number of carbonyl (C=O) groups excluding carboxylic acids is 1. The highest BCUT2D eigenvalue weighted by molar-refractivity contribution is 7.20. The van der Waals surface area contributed by atoms with Gasteiger partial charge in [-0.05, 0) is 50.8 Å². The van der Waals surface area contributed by atoms with Crippen LogP contribution in [0.25, 0.3) is 10.2 Å². The van der Waals surface area contributed by atoms with E-state index in [-0.39, 0.29) is 11.6 Å². The number of anilines is 2. The van der Waals surface area contributed by atoms with E-state index in [0.29, 0.717) is 10.9 Å². The van der Waals surface area contributed by atoms with Crippen LogP contribution in [0.4, 0.5) is 15.9 Å². The predicted molar refractivity (Wildman–Crippen MR) is 107 cm³/mol. The minimum absolute atomic E-state index is 0.176. The number of aromatic nitrogens is 2. The summed E-state index contributed by atoms with van der Waals surface area (Å²) >= 11 is 1.32. The Labute approximate surface area is 161 Å². The third-order valence-corrected chi connectivity index (χ3v) is 6.31. The first-order chi connectivity index (χ1) is 13.1. The summed E-state index contributed by atoms with van der Waals surface area (Å²) in [6.07, 6.45) is 5.06. The first-order valence-corrected chi connectivity index (χ1v) is 9.94. The number of amides is 1. The largest absolute Gasteiger partial charge is 0.353 e. The van der Waals surface area contributed by atoms with E-state index in [9.17, 15) is 9.18 Å². The van der Waals surface area contributed by atoms with Gasteiger partial charge < -0.3 is 10.2 Å². The number of benzene rings is 1. The number of nitrogens with zero attached hydrogens (tertiary/aromatic N) is 3. The molecular formula is C20H21FN4OS. The van der Waals surface area contributed by atoms with Gasteiger partial charge in [-0.25, -0.2) is 14.4 Å². The highest BCUT2D eigenvalue weighted by atomic mass is 32.1. The molecule has 3 aromatic rings. The Kier molecular flexibility index (Phi) is 4.78. The second kappa shape index (κ2) is 7.23. The summed E-state index contributed by atoms with van der Waals surface area (Å²) in [5, 5.41) is 3.60. The number of rotatable bonds is 3. The molecule has 1 amide bonds. The standard InChI is InChI=1S/C20H21FN4OS/c1-12-7-5-6-10-25(12)18-16-13(2)17(27-20(16)23-11-22-18)19(26)24-15-9-4-3-8-14(15)21/h3-4,8-9,11-12H,5-7,10H2,1-2H3,(H,24,26)/t12-/m1/s1. The number of thiophene rings is 1. The summed E-state index contributed by atoms with van der Waals surface area (Å²) in [6.45, 7) is 5.08. The van der Waals surface area contributed by atoms with Crippen LogP contribution in [0.3, 0.4) is 0 Å². The number of para-hydroxylation sites is 1. The summed E-state index contributed by atoms with van der Waals surface area (Å²) in [5.41, 5.74) is 1.02. The highest BCUT2D eigenvalue weighted by Gasteiger charge is 2.26. The van der Waals surface area contributed by atoms with E-state index in [1.165, 1.54) is 23.8 Å². The Balaban J connectivity index is 1.73. The monoisotopic (exact) mass is 384 g/mol. The molecule has 1 N–H and O–H groups in total. The first kappa shape index (κ1) is 17.9. The molecule has 140 valence electrons. The van der Waals surface area contributed by atoms with Crippen LogP contribution in [0.2, 0.25) is 0 Å². The molecule has 0 spiro atoms. The molecule has 0 aliphatic carbocycles. The van der Waals surface area contributed by atoms with E-state index in [0.717, 1.165) is 41.0 Å². The molecule has 1 aromatic carbocycles. The summed E-state index contributed by atoms with van der Waals surface area (Å²) in [6, 6.07) is 6.58. The van der Waals surface area contributed by atoms with Gasteiger partial charge >= 0.3 is 0 Å². The molecule has 1 saturated heterocycles. The number of nitrogens with one attached hydrogen (secondary N) is 1. The van der Waals surface area contributed by atoms with Crippen molar-refractivity contribution in [3.63, 3.8) is 0 Å². The van der Waals surface area contributed by atoms with Crippen LogP contribution < -0.4 is 10.2 Å². The maximum Gasteiger partial charge on any atom is 0.266 e. The molecule has 0 saturated carbocycles. The van der Waals surface area contributed by atoms with Gasteiger partial charge in [0.2, 0.25) is 0 Å². The smallest absolute Gasteiger partial charge is 0.266 e. The predicted octanol–water partition coefficient (Wildman–Crippen LogP) is 4.77. The van der Waals surface area contributed by atoms with Crippen LogP contribution in [-0.2, 0) is 0 Å². The lowest BCUT2D eigenvalue weighted by molar-refractivity contribution is 0.102. The average molecular weight is 384 g/mol. The van der Waals surface area contributed by atoms with Crippen molar-refractivity contribution in [2.75, 3.05) is 16.8 Å². The van der Waals surface area contributed by atoms with Crippen molar-refractivity contribution in [3.05, 3.63) is 46.9 Å². The summed E-state index contributed by atoms with van der Waals surface area (Å²) in [7, 11) is 0. The zero-order chi connectivity index (χ0) is 19.0. The van der Waals surface area contributed by atoms with Crippen molar-refractivity contribution in [3.8, 4) is 0 Å². The number of aryl methyl sites for hydroxylation is 1. The van der Waals surface area contributed by atoms with Gasteiger partial charge in [-0.15, -0.1) is 11.3 Å². The molecule has 0 unspecified atom stereocenters. The molecule has 1 aliphatic rings. The van der Waals surface area contributed by atoms with E-state index in [1.54, 1.807) is 24.5 Å². The number of hydrogen-bond donors (Lipinski definition) is 1. The molecular weight excluding hydrogens is 363 g/mol. The molecule has 1 fully saturated rings. The topological polar surface area (TPSA) is 58.1 Å². The number of halogens is 1. The molecule has 5 nitrogen and oxygen atoms in total. The molecule has 0 radical (unpaired) electrons. The quantitative estimate of drug-likeness (QED) is 0.707. The first-order valence-electron chi connectivity index (χ1n) is 9.13. The van der Waals surface area contributed by atoms with Gasteiger partial charge in [-0.2, -0.15) is 0 Å². The summed E-state index contributed by atoms with van der Waals surface area (Å²) < 4.78 is 13.9. The van der Waals surface area contributed by atoms with E-state index < -0.39 is 5.82 Å². The van der Waals surface area contributed by atoms with E-state index >= 15 is 0 Å². The number of fused-ring (bicyclic) bond motifs is 1. The van der Waals surface area contributed by atoms with Crippen molar-refractivity contribution < 1.29 is 9.18 Å². The third-order valence-electron chi connectivity index (χ3n) is 5.11. The van der Waals surface area contributed by atoms with Gasteiger partial charge in [0.1, 0.15) is 22.8 Å². The van der Waals surface area contributed by atoms with Gasteiger partial charge in [-0.1, -0.05) is 12.1 Å². The Morgan fingerprint density at radius 3 is 2.89 bits per heavy atom. The maximum atomic E-state index is 13.9. The fourth-order valence-corrected chi connectivity index (χ4v) is 4.68. The Hall–Kier alpha value is -2.54. The lowest BCUT2D eigenvalue weighted by atomic mass is 10.0. The van der Waals surface area contributed by atoms with E-state index in [1.807, 2.05) is 6.92 Å². The zero-order valence-corrected chi connectivity index (χ0v) is 16.1. The fraction of sp³-hybridized carbons (Fsp3) is 0.350. The number of carbonyl (C=O) groups is 1. The summed E-state index contributed by atoms with van der Waals surface area (Å²) in [5.74, 6) is 0.122. The van der Waals surface area contributed by atoms with Crippen molar-refractivity contribution in [2.24, 2.45) is 0 Å². The van der Waals surface area contributed by atoms with E-state index in [2.05, 4.69) is 27.1 Å². The van der Waals surface area contributed by atoms with Gasteiger partial charge in [0.15, 0.2) is 0 Å². The second-order valence-electron chi connectivity index (χ2n) is 6.91. The van der Waals surface area contributed by atoms with Crippen LogP contribution in [0.15, 0.2) is 30.6 Å². The normalized spacial score (nSPS) is 17.3. The molecule has 0 bridgehead atoms. The second-order valence-corrected chi connectivity index (χ2v) is 7.90. The SMILES string of the molecule is Cc1c(C(=O)Nc2ccccc2F)sc2ncnc(N3CCCC[C@H]3C)c12. The minimum atomic E-state index is -0.452. The van der Waals surface area contributed by atoms with Gasteiger partial charge in [0.25, 0.3) is 5.91 Å². The fourth-order valence-electron chi connectivity index (χ4n) is 3.64. The maximum absolute atomic E-state index is 13.9. The lowest BCUT2D eigenvalue weighted by Gasteiger charge is -2.34. The van der Waals surface area contributed by atoms with E-state index in [4.69, 9.17) is 0 Å². The highest BCUT2D eigenvalue weighted by Crippen LogP contribution is 2.37. The molecule has 27 heavy (non-hydrogen) atoms. The Morgan fingerprint density at radius 2 is 2.11 bits per heavy atom. The number of hydrogen-bond acceptors (Lipinski definition) is 5. The molecule has 1 atom stereocenters. The molecule has 4 rings (SSSR count). The van der Waals surface area contributed by atoms with Gasteiger partial charge in [0, 0.05) is 12.6 Å². The van der Waals surface area contributed by atoms with Crippen molar-refractivity contribution in [1.29, 1.82) is 0 Å². The Morgan fingerprint density at radius 1 is 1.30 bits per heavy atom. The van der Waals surface area contributed by atoms with Crippen molar-refractivity contribution in [1.82, 2.24) is 9.97 Å². The minimum Gasteiger partial charge on any atom is -0.353 e. The van der Waals surface area contributed by atoms with Gasteiger partial charge in [-0.3, -0.25) is 4.79 Å². The molecule has 3 heterocycles. The molecule has 7 heteroatoms.